The van der Waals surface area contributed by atoms with Gasteiger partial charge in [-0.3, -0.25) is 8.74 Å². The molecule has 1 rings (SSSR count). The summed E-state index contributed by atoms with van der Waals surface area (Å²) in [4.78, 5) is 0. The van der Waals surface area contributed by atoms with E-state index in [9.17, 15) is 4.21 Å². The lowest BCUT2D eigenvalue weighted by atomic mass is 10.2. The van der Waals surface area contributed by atoms with E-state index in [1.165, 1.54) is 0 Å². The molecule has 1 aromatic carbocycles. The Kier molecular flexibility index (Phi) is 7.39. The molecule has 0 aliphatic rings. The highest BCUT2D eigenvalue weighted by atomic mass is 32.9. The fourth-order valence-electron chi connectivity index (χ4n) is 1.63. The number of nitrogens with one attached hydrogen (secondary N) is 1. The zero-order valence-electron chi connectivity index (χ0n) is 11.7. The first kappa shape index (κ1) is 17.3. The van der Waals surface area contributed by atoms with Crippen molar-refractivity contribution in [2.75, 3.05) is 19.7 Å². The topological polar surface area (TPSA) is 67.8 Å². The highest BCUT2D eigenvalue weighted by Crippen LogP contribution is 2.15. The quantitative estimate of drug-likeness (QED) is 0.678. The molecular formula is C13H21NO4S2. The largest absolute Gasteiger partial charge is 0.489 e. The monoisotopic (exact) mass is 319 g/mol. The zero-order valence-corrected chi connectivity index (χ0v) is 13.3. The van der Waals surface area contributed by atoms with Crippen molar-refractivity contribution in [3.63, 3.8) is 0 Å². The maximum atomic E-state index is 10.7. The molecule has 1 aromatic rings. The molecule has 1 unspecified atom stereocenters. The minimum Gasteiger partial charge on any atom is -0.489 e. The minimum absolute atomic E-state index is 0.0405. The maximum Gasteiger partial charge on any atom is 0.266 e. The third kappa shape index (κ3) is 7.76. The molecule has 0 aliphatic heterocycles. The van der Waals surface area contributed by atoms with Crippen LogP contribution in [0.2, 0.25) is 0 Å². The van der Waals surface area contributed by atoms with E-state index in [-0.39, 0.29) is 12.7 Å². The molecule has 0 fully saturated rings. The molecule has 0 bridgehead atoms. The average molecular weight is 319 g/mol. The molecule has 0 aliphatic carbocycles. The fourth-order valence-corrected chi connectivity index (χ4v) is 2.13. The predicted octanol–water partition coefficient (Wildman–Crippen LogP) is 1.89. The molecule has 114 valence electrons. The van der Waals surface area contributed by atoms with E-state index < -0.39 is 9.05 Å². The first-order valence-electron chi connectivity index (χ1n) is 6.46. The van der Waals surface area contributed by atoms with Crippen molar-refractivity contribution in [1.82, 2.24) is 5.32 Å². The smallest absolute Gasteiger partial charge is 0.266 e. The van der Waals surface area contributed by atoms with E-state index in [1.54, 1.807) is 0 Å². The van der Waals surface area contributed by atoms with Crippen LogP contribution in [0.3, 0.4) is 0 Å². The van der Waals surface area contributed by atoms with E-state index in [0.717, 1.165) is 17.7 Å². The van der Waals surface area contributed by atoms with Crippen LogP contribution >= 0.6 is 0 Å². The van der Waals surface area contributed by atoms with Gasteiger partial charge in [0.05, 0.1) is 6.61 Å². The molecule has 0 radical (unpaired) electrons. The van der Waals surface area contributed by atoms with Gasteiger partial charge in [0.1, 0.15) is 11.9 Å². The Bertz CT molecular complexity index is 505. The van der Waals surface area contributed by atoms with Gasteiger partial charge in [0.2, 0.25) is 0 Å². The van der Waals surface area contributed by atoms with Gasteiger partial charge in [0.15, 0.2) is 0 Å². The molecule has 0 aromatic heterocycles. The molecule has 0 spiro atoms. The van der Waals surface area contributed by atoms with Crippen molar-refractivity contribution in [3.8, 4) is 5.75 Å². The lowest BCUT2D eigenvalue weighted by Gasteiger charge is -2.18. The van der Waals surface area contributed by atoms with E-state index >= 15 is 0 Å². The van der Waals surface area contributed by atoms with Crippen molar-refractivity contribution in [1.29, 1.82) is 0 Å². The van der Waals surface area contributed by atoms with Gasteiger partial charge in [0.25, 0.3) is 9.05 Å². The Morgan fingerprint density at radius 1 is 1.50 bits per heavy atom. The molecule has 0 saturated heterocycles. The summed E-state index contributed by atoms with van der Waals surface area (Å²) in [6, 6.07) is 7.89. The lowest BCUT2D eigenvalue weighted by Crippen LogP contribution is -2.33. The molecular weight excluding hydrogens is 298 g/mol. The van der Waals surface area contributed by atoms with Crippen LogP contribution in [0.15, 0.2) is 24.3 Å². The second kappa shape index (κ2) is 8.53. The molecule has 2 N–H and O–H groups in total. The third-order valence-electron chi connectivity index (χ3n) is 2.63. The van der Waals surface area contributed by atoms with Crippen LogP contribution in [0.5, 0.6) is 5.75 Å². The molecule has 0 amide bonds. The molecule has 2 atom stereocenters. The Balaban J connectivity index is 2.29. The highest BCUT2D eigenvalue weighted by Gasteiger charge is 2.08. The van der Waals surface area contributed by atoms with Gasteiger partial charge in [-0.05, 0) is 31.0 Å². The Labute approximate surface area is 125 Å². The molecule has 5 nitrogen and oxygen atoms in total. The fraction of sp³-hybridized carbons (Fsp3) is 0.538. The summed E-state index contributed by atoms with van der Waals surface area (Å²) in [7, 11) is -3.52. The number of aryl methyl sites for hydroxylation is 1. The van der Waals surface area contributed by atoms with Crippen molar-refractivity contribution in [3.05, 3.63) is 29.8 Å². The average Bonchev–Trinajstić information content (AvgIpc) is 2.35. The molecule has 7 heteroatoms. The summed E-state index contributed by atoms with van der Waals surface area (Å²) in [5, 5.41) is 3.11. The van der Waals surface area contributed by atoms with E-state index in [1.807, 2.05) is 38.1 Å². The number of rotatable bonds is 9. The van der Waals surface area contributed by atoms with Gasteiger partial charge < -0.3 is 10.1 Å². The van der Waals surface area contributed by atoms with Gasteiger partial charge in [-0.1, -0.05) is 19.1 Å². The molecule has 0 heterocycles. The lowest BCUT2D eigenvalue weighted by molar-refractivity contribution is 0.190. The van der Waals surface area contributed by atoms with Crippen molar-refractivity contribution < 1.29 is 17.7 Å². The van der Waals surface area contributed by atoms with Gasteiger partial charge in [0, 0.05) is 24.3 Å². The number of hydrogen-bond donors (Lipinski definition) is 2. The first-order chi connectivity index (χ1) is 9.40. The molecule has 0 saturated carbocycles. The van der Waals surface area contributed by atoms with E-state index in [4.69, 9.17) is 9.29 Å². The summed E-state index contributed by atoms with van der Waals surface area (Å²) < 4.78 is 29.9. The second-order valence-corrected chi connectivity index (χ2v) is 6.77. The van der Waals surface area contributed by atoms with E-state index in [0.29, 0.717) is 13.1 Å². The van der Waals surface area contributed by atoms with Gasteiger partial charge in [-0.2, -0.15) is 4.21 Å². The van der Waals surface area contributed by atoms with Crippen molar-refractivity contribution in [2.24, 2.45) is 0 Å². The highest BCUT2D eigenvalue weighted by molar-refractivity contribution is 8.27. The van der Waals surface area contributed by atoms with Crippen LogP contribution in [-0.2, 0) is 24.4 Å². The number of hydrogen-bond acceptors (Lipinski definition) is 5. The summed E-state index contributed by atoms with van der Waals surface area (Å²) in [6.45, 7) is 5.24. The van der Waals surface area contributed by atoms with Crippen molar-refractivity contribution in [2.45, 2.75) is 26.4 Å². The normalized spacial score (nSPS) is 15.6. The minimum atomic E-state index is -3.52. The first-order valence-corrected chi connectivity index (χ1v) is 8.83. The number of benzene rings is 1. The SMILES string of the molecule is CC[C@@H](CNCCOS(=O)(O)=S)Oc1cccc(C)c1. The van der Waals surface area contributed by atoms with Crippen LogP contribution in [0.1, 0.15) is 18.9 Å². The Morgan fingerprint density at radius 3 is 2.85 bits per heavy atom. The second-order valence-electron chi connectivity index (χ2n) is 4.42. The third-order valence-corrected chi connectivity index (χ3v) is 3.38. The van der Waals surface area contributed by atoms with Crippen LogP contribution < -0.4 is 10.1 Å². The predicted molar refractivity (Wildman–Crippen MR) is 82.8 cm³/mol. The summed E-state index contributed by atoms with van der Waals surface area (Å²) in [5.74, 6) is 0.846. The van der Waals surface area contributed by atoms with Gasteiger partial charge >= 0.3 is 0 Å². The zero-order chi connectivity index (χ0) is 15.0. The van der Waals surface area contributed by atoms with Crippen LogP contribution in [0.25, 0.3) is 0 Å². The van der Waals surface area contributed by atoms with Crippen LogP contribution in [0.4, 0.5) is 0 Å². The summed E-state index contributed by atoms with van der Waals surface area (Å²) >= 11 is 4.22. The van der Waals surface area contributed by atoms with Gasteiger partial charge in [-0.15, -0.1) is 0 Å². The maximum absolute atomic E-state index is 10.7. The van der Waals surface area contributed by atoms with Crippen LogP contribution in [0, 0.1) is 6.92 Å². The van der Waals surface area contributed by atoms with Crippen molar-refractivity contribution >= 4 is 20.2 Å². The summed E-state index contributed by atoms with van der Waals surface area (Å²) in [6.07, 6.45) is 0.901. The summed E-state index contributed by atoms with van der Waals surface area (Å²) in [5.41, 5.74) is 1.15. The Hall–Kier alpha value is -0.730. The van der Waals surface area contributed by atoms with Gasteiger partial charge in [-0.25, -0.2) is 0 Å². The van der Waals surface area contributed by atoms with Crippen LogP contribution in [-0.4, -0.2) is 34.6 Å². The van der Waals surface area contributed by atoms with E-state index in [2.05, 4.69) is 20.7 Å². The number of ether oxygens (including phenoxy) is 1. The Morgan fingerprint density at radius 2 is 2.25 bits per heavy atom. The molecule has 20 heavy (non-hydrogen) atoms. The standard InChI is InChI=1S/C13H21NO4S2/c1-3-12(10-14-7-8-17-20(15,16)19)18-13-6-4-5-11(2)9-13/h4-6,9,12,14H,3,7-8,10H2,1-2H3,(H,15,16,19)/t12-/m0/s1.